The summed E-state index contributed by atoms with van der Waals surface area (Å²) in [7, 11) is 0. The van der Waals surface area contributed by atoms with Crippen molar-refractivity contribution in [3.05, 3.63) is 20.8 Å². The van der Waals surface area contributed by atoms with Gasteiger partial charge in [0.05, 0.1) is 10.3 Å². The lowest BCUT2D eigenvalue weighted by molar-refractivity contribution is 0.216. The zero-order valence-corrected chi connectivity index (χ0v) is 9.32. The molecule has 1 saturated heterocycles. The fraction of sp³-hybridized carbons (Fsp3) is 0.375. The average molecular weight is 261 g/mol. The van der Waals surface area contributed by atoms with E-state index in [1.165, 1.54) is 4.88 Å². The minimum absolute atomic E-state index is 0.0459. The highest BCUT2D eigenvalue weighted by atomic mass is 79.9. The summed E-state index contributed by atoms with van der Waals surface area (Å²) in [4.78, 5) is 14.2. The zero-order chi connectivity index (χ0) is 9.26. The van der Waals surface area contributed by atoms with Gasteiger partial charge in [0.25, 0.3) is 0 Å². The summed E-state index contributed by atoms with van der Waals surface area (Å²) in [5.41, 5.74) is 0. The molecule has 0 saturated carbocycles. The minimum atomic E-state index is 0.0459. The fourth-order valence-corrected chi connectivity index (χ4v) is 2.79. The van der Waals surface area contributed by atoms with Crippen LogP contribution in [0.15, 0.2) is 15.9 Å². The molecule has 2 amide bonds. The number of hydrogen-bond donors (Lipinski definition) is 1. The summed E-state index contributed by atoms with van der Waals surface area (Å²) in [5.74, 6) is 0. The van der Waals surface area contributed by atoms with Gasteiger partial charge in [0.2, 0.25) is 0 Å². The number of amides is 2. The summed E-state index contributed by atoms with van der Waals surface area (Å²) in [6.45, 7) is 2.31. The van der Waals surface area contributed by atoms with Crippen LogP contribution in [0.25, 0.3) is 0 Å². The largest absolute Gasteiger partial charge is 0.336 e. The van der Waals surface area contributed by atoms with E-state index in [0.717, 1.165) is 23.4 Å². The molecule has 1 fully saturated rings. The molecule has 1 aliphatic rings. The fourth-order valence-electron chi connectivity index (χ4n) is 1.29. The molecule has 2 rings (SSSR count). The molecule has 0 aromatic carbocycles. The molecular formula is C8H9BrN2OS. The van der Waals surface area contributed by atoms with E-state index in [1.54, 1.807) is 11.3 Å². The third-order valence-corrected chi connectivity index (χ3v) is 3.53. The van der Waals surface area contributed by atoms with Crippen LogP contribution in [0.1, 0.15) is 4.88 Å². The lowest BCUT2D eigenvalue weighted by atomic mass is 10.4. The van der Waals surface area contributed by atoms with Gasteiger partial charge in [0.1, 0.15) is 0 Å². The number of halogens is 1. The van der Waals surface area contributed by atoms with Gasteiger partial charge in [-0.25, -0.2) is 4.79 Å². The molecule has 0 radical (unpaired) electrons. The van der Waals surface area contributed by atoms with Crippen LogP contribution in [-0.4, -0.2) is 24.0 Å². The molecule has 0 unspecified atom stereocenters. The Morgan fingerprint density at radius 2 is 2.46 bits per heavy atom. The highest BCUT2D eigenvalue weighted by molar-refractivity contribution is 9.11. The molecule has 0 atom stereocenters. The van der Waals surface area contributed by atoms with Gasteiger partial charge < -0.3 is 10.2 Å². The number of urea groups is 1. The van der Waals surface area contributed by atoms with Gasteiger partial charge in [0.15, 0.2) is 0 Å². The third kappa shape index (κ3) is 2.03. The summed E-state index contributed by atoms with van der Waals surface area (Å²) >= 11 is 5.07. The van der Waals surface area contributed by atoms with Crippen LogP contribution in [0.5, 0.6) is 0 Å². The standard InChI is InChI=1S/C8H9BrN2OS/c9-7-2-1-6(13-7)5-11-4-3-10-8(11)12/h1-2H,3-5H2,(H,10,12). The van der Waals surface area contributed by atoms with Gasteiger partial charge in [-0.2, -0.15) is 0 Å². The van der Waals surface area contributed by atoms with Crippen molar-refractivity contribution >= 4 is 33.3 Å². The predicted octanol–water partition coefficient (Wildman–Crippen LogP) is 2.04. The van der Waals surface area contributed by atoms with Crippen LogP contribution >= 0.6 is 27.3 Å². The Hall–Kier alpha value is -0.550. The number of nitrogens with zero attached hydrogens (tertiary/aromatic N) is 1. The van der Waals surface area contributed by atoms with Crippen molar-refractivity contribution in [1.82, 2.24) is 10.2 Å². The molecule has 0 bridgehead atoms. The topological polar surface area (TPSA) is 32.3 Å². The highest BCUT2D eigenvalue weighted by Crippen LogP contribution is 2.23. The lowest BCUT2D eigenvalue weighted by Crippen LogP contribution is -2.27. The molecule has 13 heavy (non-hydrogen) atoms. The van der Waals surface area contributed by atoms with Gasteiger partial charge >= 0.3 is 6.03 Å². The first-order chi connectivity index (χ1) is 6.25. The van der Waals surface area contributed by atoms with E-state index in [9.17, 15) is 4.79 Å². The first-order valence-corrected chi connectivity index (χ1v) is 5.63. The third-order valence-electron chi connectivity index (χ3n) is 1.92. The number of carbonyl (C=O) groups excluding carboxylic acids is 1. The van der Waals surface area contributed by atoms with Crippen LogP contribution in [-0.2, 0) is 6.54 Å². The van der Waals surface area contributed by atoms with Gasteiger partial charge in [-0.3, -0.25) is 0 Å². The lowest BCUT2D eigenvalue weighted by Gasteiger charge is -2.11. The van der Waals surface area contributed by atoms with Gasteiger partial charge in [-0.1, -0.05) is 0 Å². The van der Waals surface area contributed by atoms with Gasteiger partial charge in [0, 0.05) is 18.0 Å². The molecule has 1 aromatic heterocycles. The molecule has 0 spiro atoms. The van der Waals surface area contributed by atoms with Gasteiger partial charge in [-0.15, -0.1) is 11.3 Å². The monoisotopic (exact) mass is 260 g/mol. The molecule has 1 N–H and O–H groups in total. The second kappa shape index (κ2) is 3.67. The van der Waals surface area contributed by atoms with Crippen molar-refractivity contribution in [2.24, 2.45) is 0 Å². The first-order valence-electron chi connectivity index (χ1n) is 4.03. The van der Waals surface area contributed by atoms with E-state index >= 15 is 0 Å². The second-order valence-electron chi connectivity index (χ2n) is 2.86. The van der Waals surface area contributed by atoms with Crippen molar-refractivity contribution in [2.45, 2.75) is 6.54 Å². The molecule has 0 aliphatic carbocycles. The Balaban J connectivity index is 2.01. The number of thiophene rings is 1. The summed E-state index contributed by atoms with van der Waals surface area (Å²) in [6, 6.07) is 4.10. The number of nitrogens with one attached hydrogen (secondary N) is 1. The van der Waals surface area contributed by atoms with Crippen LogP contribution < -0.4 is 5.32 Å². The Morgan fingerprint density at radius 3 is 3.00 bits per heavy atom. The molecular weight excluding hydrogens is 252 g/mol. The van der Waals surface area contributed by atoms with E-state index in [-0.39, 0.29) is 6.03 Å². The van der Waals surface area contributed by atoms with E-state index < -0.39 is 0 Å². The Labute approximate surface area is 88.9 Å². The van der Waals surface area contributed by atoms with Crippen LogP contribution in [0.2, 0.25) is 0 Å². The second-order valence-corrected chi connectivity index (χ2v) is 5.41. The van der Waals surface area contributed by atoms with E-state index in [2.05, 4.69) is 21.2 Å². The molecule has 5 heteroatoms. The molecule has 70 valence electrons. The van der Waals surface area contributed by atoms with Crippen molar-refractivity contribution in [1.29, 1.82) is 0 Å². The normalized spacial score (nSPS) is 16.4. The molecule has 1 aromatic rings. The van der Waals surface area contributed by atoms with Crippen LogP contribution in [0.4, 0.5) is 4.79 Å². The summed E-state index contributed by atoms with van der Waals surface area (Å²) in [6.07, 6.45) is 0. The smallest absolute Gasteiger partial charge is 0.317 e. The molecule has 1 aliphatic heterocycles. The molecule has 2 heterocycles. The van der Waals surface area contributed by atoms with Crippen molar-refractivity contribution in [3.63, 3.8) is 0 Å². The predicted molar refractivity (Wildman–Crippen MR) is 55.8 cm³/mol. The zero-order valence-electron chi connectivity index (χ0n) is 6.92. The molecule has 3 nitrogen and oxygen atoms in total. The van der Waals surface area contributed by atoms with E-state index in [0.29, 0.717) is 0 Å². The Bertz CT molecular complexity index is 326. The van der Waals surface area contributed by atoms with Crippen LogP contribution in [0.3, 0.4) is 0 Å². The van der Waals surface area contributed by atoms with Crippen LogP contribution in [0, 0.1) is 0 Å². The van der Waals surface area contributed by atoms with Gasteiger partial charge in [-0.05, 0) is 28.1 Å². The quantitative estimate of drug-likeness (QED) is 0.868. The highest BCUT2D eigenvalue weighted by Gasteiger charge is 2.19. The number of carbonyl (C=O) groups is 1. The average Bonchev–Trinajstić information content (AvgIpc) is 2.64. The maximum atomic E-state index is 11.2. The van der Waals surface area contributed by atoms with Crippen molar-refractivity contribution < 1.29 is 4.79 Å². The minimum Gasteiger partial charge on any atom is -0.336 e. The van der Waals surface area contributed by atoms with E-state index in [4.69, 9.17) is 0 Å². The Kier molecular flexibility index (Phi) is 2.55. The maximum absolute atomic E-state index is 11.2. The summed E-state index contributed by atoms with van der Waals surface area (Å²) in [5, 5.41) is 2.78. The number of hydrogen-bond acceptors (Lipinski definition) is 2. The van der Waals surface area contributed by atoms with E-state index in [1.807, 2.05) is 17.0 Å². The maximum Gasteiger partial charge on any atom is 0.317 e. The van der Waals surface area contributed by atoms with Crippen molar-refractivity contribution in [3.8, 4) is 0 Å². The number of rotatable bonds is 2. The summed E-state index contributed by atoms with van der Waals surface area (Å²) < 4.78 is 1.11. The van der Waals surface area contributed by atoms with Crippen molar-refractivity contribution in [2.75, 3.05) is 13.1 Å². The Morgan fingerprint density at radius 1 is 1.62 bits per heavy atom. The SMILES string of the molecule is O=C1NCCN1Cc1ccc(Br)s1. The first kappa shape index (κ1) is 9.02.